The summed E-state index contributed by atoms with van der Waals surface area (Å²) in [6.07, 6.45) is 7.19. The molecule has 1 unspecified atom stereocenters. The summed E-state index contributed by atoms with van der Waals surface area (Å²) in [6.45, 7) is 7.21. The highest BCUT2D eigenvalue weighted by Crippen LogP contribution is 2.24. The number of benzene rings is 1. The fourth-order valence-electron chi connectivity index (χ4n) is 2.11. The Bertz CT molecular complexity index is 497. The molecule has 0 saturated carbocycles. The minimum Gasteiger partial charge on any atom is -0.303 e. The minimum absolute atomic E-state index is 0.0340. The van der Waals surface area contributed by atoms with Crippen molar-refractivity contribution in [1.82, 2.24) is 0 Å². The molecule has 0 aliphatic rings. The molecule has 0 amide bonds. The van der Waals surface area contributed by atoms with E-state index in [0.717, 1.165) is 11.8 Å². The van der Waals surface area contributed by atoms with Gasteiger partial charge in [0, 0.05) is 18.4 Å². The summed E-state index contributed by atoms with van der Waals surface area (Å²) in [5.74, 6) is 0.124. The fraction of sp³-hybridized carbons (Fsp3) is 0.222. The third kappa shape index (κ3) is 4.81. The largest absolute Gasteiger partial charge is 0.303 e. The second-order valence-electron chi connectivity index (χ2n) is 4.53. The standard InChI is InChI=1S/C18H20O2/c1-3-8-15(4-2)18(20)12-11-17(13-14-19)16-9-6-5-7-10-16/h3-10,14,17H,1-2,11-13H2/b15-8+. The van der Waals surface area contributed by atoms with E-state index in [2.05, 4.69) is 13.2 Å². The number of carbonyl (C=O) groups excluding carboxylic acids is 2. The lowest BCUT2D eigenvalue weighted by atomic mass is 9.90. The van der Waals surface area contributed by atoms with Crippen molar-refractivity contribution in [2.75, 3.05) is 0 Å². The monoisotopic (exact) mass is 268 g/mol. The third-order valence-corrected chi connectivity index (χ3v) is 3.21. The van der Waals surface area contributed by atoms with Crippen molar-refractivity contribution in [3.05, 3.63) is 72.9 Å². The number of carbonyl (C=O) groups is 2. The van der Waals surface area contributed by atoms with Gasteiger partial charge in [0.15, 0.2) is 5.78 Å². The summed E-state index contributed by atoms with van der Waals surface area (Å²) >= 11 is 0. The van der Waals surface area contributed by atoms with Gasteiger partial charge in [-0.15, -0.1) is 0 Å². The predicted octanol–water partition coefficient (Wildman–Crippen LogP) is 4.01. The van der Waals surface area contributed by atoms with Gasteiger partial charge in [-0.2, -0.15) is 0 Å². The number of allylic oxidation sites excluding steroid dienone is 4. The number of hydrogen-bond acceptors (Lipinski definition) is 2. The molecule has 20 heavy (non-hydrogen) atoms. The zero-order valence-corrected chi connectivity index (χ0v) is 11.6. The van der Waals surface area contributed by atoms with Gasteiger partial charge >= 0.3 is 0 Å². The second-order valence-corrected chi connectivity index (χ2v) is 4.53. The van der Waals surface area contributed by atoms with Crippen molar-refractivity contribution in [2.24, 2.45) is 0 Å². The van der Waals surface area contributed by atoms with Crippen LogP contribution in [0.5, 0.6) is 0 Å². The van der Waals surface area contributed by atoms with Crippen LogP contribution in [-0.4, -0.2) is 12.1 Å². The topological polar surface area (TPSA) is 34.1 Å². The first-order valence-corrected chi connectivity index (χ1v) is 6.69. The Balaban J connectivity index is 2.71. The average Bonchev–Trinajstić information content (AvgIpc) is 2.49. The van der Waals surface area contributed by atoms with Crippen LogP contribution in [0.2, 0.25) is 0 Å². The van der Waals surface area contributed by atoms with Gasteiger partial charge in [-0.1, -0.05) is 61.7 Å². The third-order valence-electron chi connectivity index (χ3n) is 3.21. The van der Waals surface area contributed by atoms with Gasteiger partial charge in [-0.3, -0.25) is 4.79 Å². The van der Waals surface area contributed by atoms with E-state index in [1.54, 1.807) is 18.2 Å². The van der Waals surface area contributed by atoms with E-state index < -0.39 is 0 Å². The smallest absolute Gasteiger partial charge is 0.162 e. The van der Waals surface area contributed by atoms with Crippen LogP contribution in [0.15, 0.2) is 67.3 Å². The molecule has 0 aromatic heterocycles. The Morgan fingerprint density at radius 3 is 2.45 bits per heavy atom. The molecular weight excluding hydrogens is 248 g/mol. The normalized spacial score (nSPS) is 12.5. The molecule has 0 heterocycles. The Hall–Kier alpha value is -2.22. The molecule has 0 radical (unpaired) electrons. The predicted molar refractivity (Wildman–Crippen MR) is 82.6 cm³/mol. The van der Waals surface area contributed by atoms with Crippen LogP contribution in [0.25, 0.3) is 0 Å². The summed E-state index contributed by atoms with van der Waals surface area (Å²) < 4.78 is 0. The molecule has 0 fully saturated rings. The number of hydrogen-bond donors (Lipinski definition) is 0. The molecule has 0 aliphatic heterocycles. The summed E-state index contributed by atoms with van der Waals surface area (Å²) in [5, 5.41) is 0. The van der Waals surface area contributed by atoms with E-state index >= 15 is 0 Å². The molecule has 1 atom stereocenters. The molecule has 1 aromatic rings. The van der Waals surface area contributed by atoms with Crippen LogP contribution in [-0.2, 0) is 9.59 Å². The maximum Gasteiger partial charge on any atom is 0.162 e. The number of ketones is 1. The lowest BCUT2D eigenvalue weighted by Crippen LogP contribution is -2.06. The molecule has 1 aromatic carbocycles. The summed E-state index contributed by atoms with van der Waals surface area (Å²) in [6, 6.07) is 9.82. The Morgan fingerprint density at radius 2 is 1.90 bits per heavy atom. The Morgan fingerprint density at radius 1 is 1.20 bits per heavy atom. The van der Waals surface area contributed by atoms with Gasteiger partial charge in [0.05, 0.1) is 0 Å². The van der Waals surface area contributed by atoms with E-state index in [1.807, 2.05) is 30.3 Å². The van der Waals surface area contributed by atoms with E-state index in [9.17, 15) is 9.59 Å². The van der Waals surface area contributed by atoms with Gasteiger partial charge < -0.3 is 4.79 Å². The van der Waals surface area contributed by atoms with Crippen LogP contribution in [0.4, 0.5) is 0 Å². The van der Waals surface area contributed by atoms with E-state index in [-0.39, 0.29) is 11.7 Å². The average molecular weight is 268 g/mol. The van der Waals surface area contributed by atoms with Crippen LogP contribution in [0, 0.1) is 0 Å². The van der Waals surface area contributed by atoms with Crippen molar-refractivity contribution >= 4 is 12.1 Å². The molecule has 2 heteroatoms. The molecule has 0 bridgehead atoms. The molecule has 0 saturated heterocycles. The highest BCUT2D eigenvalue weighted by molar-refractivity contribution is 5.98. The molecular formula is C18H20O2. The van der Waals surface area contributed by atoms with Gasteiger partial charge in [0.1, 0.15) is 6.29 Å². The Labute approximate surface area is 120 Å². The van der Waals surface area contributed by atoms with E-state index in [0.29, 0.717) is 24.8 Å². The fourth-order valence-corrected chi connectivity index (χ4v) is 2.11. The molecule has 2 nitrogen and oxygen atoms in total. The lowest BCUT2D eigenvalue weighted by Gasteiger charge is -2.14. The molecule has 0 spiro atoms. The first-order chi connectivity index (χ1) is 9.72. The quantitative estimate of drug-likeness (QED) is 0.385. The van der Waals surface area contributed by atoms with Crippen molar-refractivity contribution in [2.45, 2.75) is 25.2 Å². The second kappa shape index (κ2) is 8.81. The Kier molecular flexibility index (Phi) is 6.97. The maximum atomic E-state index is 12.0. The van der Waals surface area contributed by atoms with Crippen molar-refractivity contribution in [1.29, 1.82) is 0 Å². The van der Waals surface area contributed by atoms with Gasteiger partial charge in [0.25, 0.3) is 0 Å². The van der Waals surface area contributed by atoms with Gasteiger partial charge in [-0.05, 0) is 17.9 Å². The highest BCUT2D eigenvalue weighted by Gasteiger charge is 2.14. The lowest BCUT2D eigenvalue weighted by molar-refractivity contribution is -0.115. The van der Waals surface area contributed by atoms with Crippen LogP contribution >= 0.6 is 0 Å². The maximum absolute atomic E-state index is 12.0. The van der Waals surface area contributed by atoms with E-state index in [4.69, 9.17) is 0 Å². The van der Waals surface area contributed by atoms with Crippen molar-refractivity contribution < 1.29 is 9.59 Å². The van der Waals surface area contributed by atoms with E-state index in [1.165, 1.54) is 0 Å². The number of rotatable bonds is 9. The highest BCUT2D eigenvalue weighted by atomic mass is 16.1. The van der Waals surface area contributed by atoms with Crippen molar-refractivity contribution in [3.63, 3.8) is 0 Å². The zero-order chi connectivity index (χ0) is 14.8. The van der Waals surface area contributed by atoms with Crippen LogP contribution in [0.3, 0.4) is 0 Å². The van der Waals surface area contributed by atoms with Crippen LogP contribution < -0.4 is 0 Å². The zero-order valence-electron chi connectivity index (χ0n) is 11.6. The van der Waals surface area contributed by atoms with Gasteiger partial charge in [-0.25, -0.2) is 0 Å². The molecule has 0 aliphatic carbocycles. The first-order valence-electron chi connectivity index (χ1n) is 6.69. The first kappa shape index (κ1) is 15.8. The van der Waals surface area contributed by atoms with Crippen LogP contribution in [0.1, 0.15) is 30.7 Å². The summed E-state index contributed by atoms with van der Waals surface area (Å²) in [5.41, 5.74) is 1.66. The molecule has 1 rings (SSSR count). The summed E-state index contributed by atoms with van der Waals surface area (Å²) in [7, 11) is 0. The number of aldehydes is 1. The van der Waals surface area contributed by atoms with Crippen molar-refractivity contribution in [3.8, 4) is 0 Å². The SMILES string of the molecule is C=C/C=C(\C=C)C(=O)CCC(CC=O)c1ccccc1. The van der Waals surface area contributed by atoms with Gasteiger partial charge in [0.2, 0.25) is 0 Å². The summed E-state index contributed by atoms with van der Waals surface area (Å²) in [4.78, 5) is 22.8. The molecule has 104 valence electrons. The molecule has 0 N–H and O–H groups in total. The number of Topliss-reactive ketones (excluding diaryl/α,β-unsaturated/α-hetero) is 1. The minimum atomic E-state index is 0.0340.